The minimum absolute atomic E-state index is 0.100. The van der Waals surface area contributed by atoms with E-state index in [2.05, 4.69) is 26.6 Å². The van der Waals surface area contributed by atoms with E-state index in [0.29, 0.717) is 0 Å². The zero-order chi connectivity index (χ0) is 17.6. The van der Waals surface area contributed by atoms with Gasteiger partial charge in [-0.2, -0.15) is 0 Å². The van der Waals surface area contributed by atoms with Gasteiger partial charge in [0.2, 0.25) is 11.8 Å². The predicted molar refractivity (Wildman–Crippen MR) is 101 cm³/mol. The monoisotopic (exact) mass is 404 g/mol. The van der Waals surface area contributed by atoms with Gasteiger partial charge in [-0.15, -0.1) is 0 Å². The average molecular weight is 405 g/mol. The van der Waals surface area contributed by atoms with Crippen molar-refractivity contribution >= 4 is 33.4 Å². The van der Waals surface area contributed by atoms with Crippen molar-refractivity contribution in [2.45, 2.75) is 51.5 Å². The Balaban J connectivity index is 1.39. The van der Waals surface area contributed by atoms with Crippen LogP contribution in [0.4, 0.5) is 5.69 Å². The molecule has 2 N–H and O–H groups in total. The van der Waals surface area contributed by atoms with Gasteiger partial charge in [0.25, 0.3) is 0 Å². The minimum Gasteiger partial charge on any atom is -0.344 e. The Labute approximate surface area is 157 Å². The molecule has 1 aromatic carbocycles. The van der Waals surface area contributed by atoms with Gasteiger partial charge in [-0.05, 0) is 81.4 Å². The van der Waals surface area contributed by atoms with Crippen LogP contribution in [0, 0.1) is 23.2 Å². The van der Waals surface area contributed by atoms with Crippen molar-refractivity contribution in [3.63, 3.8) is 0 Å². The molecule has 0 saturated heterocycles. The molecule has 4 aliphatic carbocycles. The number of benzene rings is 1. The third kappa shape index (κ3) is 3.35. The number of carbonyl (C=O) groups is 2. The molecule has 0 unspecified atom stereocenters. The van der Waals surface area contributed by atoms with Gasteiger partial charge in [-0.25, -0.2) is 0 Å². The van der Waals surface area contributed by atoms with Crippen molar-refractivity contribution < 1.29 is 9.59 Å². The molecule has 4 bridgehead atoms. The number of hydrogen-bond donors (Lipinski definition) is 2. The van der Waals surface area contributed by atoms with E-state index in [1.165, 1.54) is 19.3 Å². The van der Waals surface area contributed by atoms with Gasteiger partial charge < -0.3 is 10.6 Å². The van der Waals surface area contributed by atoms with Gasteiger partial charge in [-0.1, -0.05) is 22.0 Å². The van der Waals surface area contributed by atoms with Gasteiger partial charge in [0.15, 0.2) is 0 Å². The van der Waals surface area contributed by atoms with Gasteiger partial charge in [0, 0.05) is 15.6 Å². The Morgan fingerprint density at radius 3 is 2.28 bits per heavy atom. The molecule has 5 heteroatoms. The minimum atomic E-state index is -0.528. The van der Waals surface area contributed by atoms with Crippen molar-refractivity contribution in [2.24, 2.45) is 23.2 Å². The van der Waals surface area contributed by atoms with E-state index in [-0.39, 0.29) is 17.2 Å². The summed E-state index contributed by atoms with van der Waals surface area (Å²) in [5.74, 6) is 2.10. The van der Waals surface area contributed by atoms with Crippen LogP contribution in [0.25, 0.3) is 0 Å². The number of anilines is 1. The second-order valence-electron chi connectivity index (χ2n) is 8.39. The van der Waals surface area contributed by atoms with Crippen molar-refractivity contribution in [3.8, 4) is 0 Å². The first-order valence-electron chi connectivity index (χ1n) is 9.31. The second kappa shape index (κ2) is 6.42. The van der Waals surface area contributed by atoms with Crippen molar-refractivity contribution in [1.29, 1.82) is 0 Å². The highest BCUT2D eigenvalue weighted by molar-refractivity contribution is 9.10. The molecule has 25 heavy (non-hydrogen) atoms. The first-order chi connectivity index (χ1) is 11.9. The smallest absolute Gasteiger partial charge is 0.246 e. The molecule has 0 heterocycles. The second-order valence-corrected chi connectivity index (χ2v) is 9.31. The molecule has 0 aliphatic heterocycles. The Hall–Kier alpha value is -1.36. The highest BCUT2D eigenvalue weighted by atomic mass is 79.9. The van der Waals surface area contributed by atoms with Crippen LogP contribution in [0.1, 0.15) is 45.4 Å². The fraction of sp³-hybridized carbons (Fsp3) is 0.600. The predicted octanol–water partition coefficient (Wildman–Crippen LogP) is 4.11. The van der Waals surface area contributed by atoms with Gasteiger partial charge in [-0.3, -0.25) is 9.59 Å². The van der Waals surface area contributed by atoms with E-state index in [4.69, 9.17) is 0 Å². The lowest BCUT2D eigenvalue weighted by Gasteiger charge is -2.55. The molecule has 4 saturated carbocycles. The highest BCUT2D eigenvalue weighted by Crippen LogP contribution is 2.60. The van der Waals surface area contributed by atoms with E-state index in [0.717, 1.165) is 47.2 Å². The van der Waals surface area contributed by atoms with Crippen LogP contribution < -0.4 is 10.6 Å². The molecular weight excluding hydrogens is 380 g/mol. The molecule has 4 fully saturated rings. The van der Waals surface area contributed by atoms with Gasteiger partial charge in [0.1, 0.15) is 6.04 Å². The summed E-state index contributed by atoms with van der Waals surface area (Å²) in [5, 5.41) is 5.89. The molecule has 2 amide bonds. The largest absolute Gasteiger partial charge is 0.344 e. The summed E-state index contributed by atoms with van der Waals surface area (Å²) in [7, 11) is 0. The van der Waals surface area contributed by atoms with E-state index < -0.39 is 6.04 Å². The van der Waals surface area contributed by atoms with Crippen molar-refractivity contribution in [1.82, 2.24) is 5.32 Å². The summed E-state index contributed by atoms with van der Waals surface area (Å²) < 4.78 is 0.913. The maximum Gasteiger partial charge on any atom is 0.246 e. The van der Waals surface area contributed by atoms with E-state index in [1.807, 2.05) is 24.3 Å². The number of amides is 2. The van der Waals surface area contributed by atoms with Crippen LogP contribution in [0.5, 0.6) is 0 Å². The van der Waals surface area contributed by atoms with Gasteiger partial charge in [0.05, 0.1) is 0 Å². The lowest BCUT2D eigenvalue weighted by Crippen LogP contribution is -2.56. The third-order valence-electron chi connectivity index (χ3n) is 6.35. The quantitative estimate of drug-likeness (QED) is 0.792. The number of hydrogen-bond acceptors (Lipinski definition) is 2. The Kier molecular flexibility index (Phi) is 4.38. The maximum absolute atomic E-state index is 13.0. The standard InChI is InChI=1S/C20H25BrN2O2/c1-12(18(24)23-17-4-2-3-16(21)8-17)22-19(25)20-9-13-5-14(10-20)7-15(6-13)11-20/h2-4,8,12-15H,5-7,9-11H2,1H3,(H,22,25)(H,23,24)/t12-,13?,14?,15?,20?/m0/s1. The zero-order valence-corrected chi connectivity index (χ0v) is 16.1. The summed E-state index contributed by atoms with van der Waals surface area (Å²) in [5.41, 5.74) is 0.522. The lowest BCUT2D eigenvalue weighted by atomic mass is 9.49. The Morgan fingerprint density at radius 1 is 1.12 bits per heavy atom. The average Bonchev–Trinajstić information content (AvgIpc) is 2.53. The van der Waals surface area contributed by atoms with Crippen LogP contribution in [-0.2, 0) is 9.59 Å². The van der Waals surface area contributed by atoms with Crippen LogP contribution in [-0.4, -0.2) is 17.9 Å². The molecule has 134 valence electrons. The SMILES string of the molecule is C[C@H](NC(=O)C12CC3CC(CC(C3)C1)C2)C(=O)Nc1cccc(Br)c1. The molecule has 1 atom stereocenters. The molecule has 0 radical (unpaired) electrons. The van der Waals surface area contributed by atoms with E-state index >= 15 is 0 Å². The lowest BCUT2D eigenvalue weighted by molar-refractivity contribution is -0.147. The van der Waals surface area contributed by atoms with Crippen molar-refractivity contribution in [3.05, 3.63) is 28.7 Å². The summed E-state index contributed by atoms with van der Waals surface area (Å²) in [6, 6.07) is 6.95. The maximum atomic E-state index is 13.0. The summed E-state index contributed by atoms with van der Waals surface area (Å²) >= 11 is 3.40. The topological polar surface area (TPSA) is 58.2 Å². The zero-order valence-electron chi connectivity index (χ0n) is 14.6. The number of carbonyl (C=O) groups excluding carboxylic acids is 2. The number of rotatable bonds is 4. The molecular formula is C20H25BrN2O2. The molecule has 0 spiro atoms. The van der Waals surface area contributed by atoms with E-state index in [9.17, 15) is 9.59 Å². The number of nitrogens with one attached hydrogen (secondary N) is 2. The van der Waals surface area contributed by atoms with Crippen LogP contribution in [0.3, 0.4) is 0 Å². The van der Waals surface area contributed by atoms with Crippen LogP contribution >= 0.6 is 15.9 Å². The molecule has 4 nitrogen and oxygen atoms in total. The first-order valence-corrected chi connectivity index (χ1v) is 10.1. The molecule has 4 aliphatic rings. The van der Waals surface area contributed by atoms with Crippen LogP contribution in [0.15, 0.2) is 28.7 Å². The Bertz CT molecular complexity index is 667. The van der Waals surface area contributed by atoms with Gasteiger partial charge >= 0.3 is 0 Å². The van der Waals surface area contributed by atoms with E-state index in [1.54, 1.807) is 6.92 Å². The van der Waals surface area contributed by atoms with Crippen LogP contribution in [0.2, 0.25) is 0 Å². The molecule has 5 rings (SSSR count). The Morgan fingerprint density at radius 2 is 1.72 bits per heavy atom. The van der Waals surface area contributed by atoms with Crippen molar-refractivity contribution in [2.75, 3.05) is 5.32 Å². The third-order valence-corrected chi connectivity index (χ3v) is 6.85. The summed E-state index contributed by atoms with van der Waals surface area (Å²) in [6.07, 6.45) is 6.99. The molecule has 0 aromatic heterocycles. The fourth-order valence-electron chi connectivity index (χ4n) is 5.62. The summed E-state index contributed by atoms with van der Waals surface area (Å²) in [4.78, 5) is 25.5. The normalized spacial score (nSPS) is 33.8. The fourth-order valence-corrected chi connectivity index (χ4v) is 6.02. The highest BCUT2D eigenvalue weighted by Gasteiger charge is 2.54. The first kappa shape index (κ1) is 17.1. The summed E-state index contributed by atoms with van der Waals surface area (Å²) in [6.45, 7) is 1.77. The molecule has 1 aromatic rings. The number of halogens is 1.